The highest BCUT2D eigenvalue weighted by molar-refractivity contribution is 5.28. The predicted octanol–water partition coefficient (Wildman–Crippen LogP) is 2.99. The van der Waals surface area contributed by atoms with Gasteiger partial charge in [0.15, 0.2) is 0 Å². The molecule has 0 aromatic heterocycles. The number of methoxy groups -OCH3 is 1. The van der Waals surface area contributed by atoms with E-state index in [2.05, 4.69) is 31.3 Å². The van der Waals surface area contributed by atoms with Crippen molar-refractivity contribution in [2.75, 3.05) is 20.2 Å². The van der Waals surface area contributed by atoms with Gasteiger partial charge in [-0.25, -0.2) is 0 Å². The number of likely N-dealkylation sites (N-methyl/N-ethyl adjacent to an activating group) is 1. The first-order chi connectivity index (χ1) is 8.80. The monoisotopic (exact) mass is 251 g/mol. The molecule has 0 aliphatic rings. The number of benzene rings is 1. The number of hydrogen-bond acceptors (Lipinski definition) is 3. The summed E-state index contributed by atoms with van der Waals surface area (Å²) >= 11 is 0. The Morgan fingerprint density at radius 2 is 2.11 bits per heavy atom. The average molecular weight is 251 g/mol. The molecule has 0 amide bonds. The Morgan fingerprint density at radius 3 is 2.78 bits per heavy atom. The molecule has 1 unspecified atom stereocenters. The van der Waals surface area contributed by atoms with Crippen molar-refractivity contribution < 1.29 is 9.47 Å². The minimum absolute atomic E-state index is 0.243. The van der Waals surface area contributed by atoms with Crippen LogP contribution in [-0.2, 0) is 11.3 Å². The van der Waals surface area contributed by atoms with Gasteiger partial charge in [-0.05, 0) is 30.7 Å². The lowest BCUT2D eigenvalue weighted by Gasteiger charge is -2.19. The Morgan fingerprint density at radius 1 is 1.28 bits per heavy atom. The molecule has 0 bridgehead atoms. The summed E-state index contributed by atoms with van der Waals surface area (Å²) in [7, 11) is 1.71. The molecule has 3 heteroatoms. The predicted molar refractivity (Wildman–Crippen MR) is 75.0 cm³/mol. The molecule has 1 atom stereocenters. The lowest BCUT2D eigenvalue weighted by Crippen LogP contribution is -2.31. The van der Waals surface area contributed by atoms with Crippen LogP contribution in [0.4, 0.5) is 0 Å². The Bertz CT molecular complexity index is 328. The van der Waals surface area contributed by atoms with Crippen LogP contribution < -0.4 is 10.1 Å². The second kappa shape index (κ2) is 8.95. The summed E-state index contributed by atoms with van der Waals surface area (Å²) in [6, 6.07) is 8.13. The largest absolute Gasteiger partial charge is 0.489 e. The summed E-state index contributed by atoms with van der Waals surface area (Å²) in [5, 5.41) is 3.34. The molecule has 0 aliphatic carbocycles. The van der Waals surface area contributed by atoms with E-state index < -0.39 is 0 Å². The fourth-order valence-electron chi connectivity index (χ4n) is 1.90. The summed E-state index contributed by atoms with van der Waals surface area (Å²) in [6.07, 6.45) is 2.45. The molecule has 0 heterocycles. The SMILES string of the molecule is CCCC(CNCC)Oc1cccc(COC)c1. The fourth-order valence-corrected chi connectivity index (χ4v) is 1.90. The van der Waals surface area contributed by atoms with Gasteiger partial charge in [-0.1, -0.05) is 32.4 Å². The smallest absolute Gasteiger partial charge is 0.120 e. The molecule has 0 saturated heterocycles. The number of ether oxygens (including phenoxy) is 2. The molecule has 1 aromatic rings. The van der Waals surface area contributed by atoms with Gasteiger partial charge in [0.1, 0.15) is 11.9 Å². The van der Waals surface area contributed by atoms with E-state index in [0.29, 0.717) is 6.61 Å². The number of nitrogens with one attached hydrogen (secondary N) is 1. The van der Waals surface area contributed by atoms with Crippen LogP contribution in [0, 0.1) is 0 Å². The Balaban J connectivity index is 2.58. The molecule has 0 saturated carbocycles. The van der Waals surface area contributed by atoms with E-state index in [-0.39, 0.29) is 6.10 Å². The van der Waals surface area contributed by atoms with Gasteiger partial charge in [0, 0.05) is 13.7 Å². The maximum Gasteiger partial charge on any atom is 0.120 e. The molecule has 0 fully saturated rings. The maximum atomic E-state index is 6.03. The van der Waals surface area contributed by atoms with E-state index in [1.165, 1.54) is 0 Å². The quantitative estimate of drug-likeness (QED) is 0.732. The van der Waals surface area contributed by atoms with Crippen molar-refractivity contribution in [3.63, 3.8) is 0 Å². The first-order valence-electron chi connectivity index (χ1n) is 6.75. The first kappa shape index (κ1) is 15.0. The summed E-state index contributed by atoms with van der Waals surface area (Å²) in [5.41, 5.74) is 1.15. The van der Waals surface area contributed by atoms with Crippen molar-refractivity contribution in [1.29, 1.82) is 0 Å². The Labute approximate surface area is 110 Å². The van der Waals surface area contributed by atoms with Gasteiger partial charge in [-0.15, -0.1) is 0 Å². The van der Waals surface area contributed by atoms with Crippen LogP contribution in [0.3, 0.4) is 0 Å². The molecule has 102 valence electrons. The zero-order valence-corrected chi connectivity index (χ0v) is 11.7. The second-order valence-electron chi connectivity index (χ2n) is 4.42. The van der Waals surface area contributed by atoms with E-state index in [4.69, 9.17) is 9.47 Å². The van der Waals surface area contributed by atoms with E-state index in [0.717, 1.165) is 37.2 Å². The molecule has 0 radical (unpaired) electrons. The molecule has 18 heavy (non-hydrogen) atoms. The highest BCUT2D eigenvalue weighted by atomic mass is 16.5. The summed E-state index contributed by atoms with van der Waals surface area (Å²) < 4.78 is 11.2. The lowest BCUT2D eigenvalue weighted by atomic mass is 10.2. The van der Waals surface area contributed by atoms with E-state index in [1.54, 1.807) is 7.11 Å². The lowest BCUT2D eigenvalue weighted by molar-refractivity contribution is 0.178. The highest BCUT2D eigenvalue weighted by Gasteiger charge is 2.09. The van der Waals surface area contributed by atoms with Crippen molar-refractivity contribution in [2.24, 2.45) is 0 Å². The van der Waals surface area contributed by atoms with Crippen LogP contribution in [0.1, 0.15) is 32.3 Å². The van der Waals surface area contributed by atoms with Gasteiger partial charge >= 0.3 is 0 Å². The zero-order chi connectivity index (χ0) is 13.2. The Hall–Kier alpha value is -1.06. The van der Waals surface area contributed by atoms with Gasteiger partial charge < -0.3 is 14.8 Å². The molecular formula is C15H25NO2. The standard InChI is InChI=1S/C15H25NO2/c1-4-7-15(11-16-5-2)18-14-9-6-8-13(10-14)12-17-3/h6,8-10,15-16H,4-5,7,11-12H2,1-3H3. The van der Waals surface area contributed by atoms with Crippen LogP contribution in [0.15, 0.2) is 24.3 Å². The summed E-state index contributed by atoms with van der Waals surface area (Å²) in [4.78, 5) is 0. The normalized spacial score (nSPS) is 12.4. The van der Waals surface area contributed by atoms with Gasteiger partial charge in [0.2, 0.25) is 0 Å². The van der Waals surface area contributed by atoms with E-state index in [9.17, 15) is 0 Å². The minimum atomic E-state index is 0.243. The molecule has 1 N–H and O–H groups in total. The van der Waals surface area contributed by atoms with Gasteiger partial charge in [0.05, 0.1) is 6.61 Å². The number of rotatable bonds is 9. The Kier molecular flexibility index (Phi) is 7.46. The topological polar surface area (TPSA) is 30.5 Å². The minimum Gasteiger partial charge on any atom is -0.489 e. The van der Waals surface area contributed by atoms with Crippen LogP contribution in [0.2, 0.25) is 0 Å². The maximum absolute atomic E-state index is 6.03. The van der Waals surface area contributed by atoms with Crippen molar-refractivity contribution >= 4 is 0 Å². The summed E-state index contributed by atoms with van der Waals surface area (Å²) in [6.45, 7) is 6.81. The third-order valence-corrected chi connectivity index (χ3v) is 2.74. The van der Waals surface area contributed by atoms with E-state index >= 15 is 0 Å². The van der Waals surface area contributed by atoms with Crippen molar-refractivity contribution in [3.8, 4) is 5.75 Å². The first-order valence-corrected chi connectivity index (χ1v) is 6.75. The highest BCUT2D eigenvalue weighted by Crippen LogP contribution is 2.17. The third-order valence-electron chi connectivity index (χ3n) is 2.74. The molecule has 0 spiro atoms. The summed E-state index contributed by atoms with van der Waals surface area (Å²) in [5.74, 6) is 0.931. The molecule has 1 aromatic carbocycles. The number of hydrogen-bond donors (Lipinski definition) is 1. The second-order valence-corrected chi connectivity index (χ2v) is 4.42. The van der Waals surface area contributed by atoms with Crippen LogP contribution in [0.25, 0.3) is 0 Å². The van der Waals surface area contributed by atoms with Crippen molar-refractivity contribution in [3.05, 3.63) is 29.8 Å². The average Bonchev–Trinajstić information content (AvgIpc) is 2.37. The van der Waals surface area contributed by atoms with Crippen molar-refractivity contribution in [2.45, 2.75) is 39.4 Å². The van der Waals surface area contributed by atoms with Gasteiger partial charge in [0.25, 0.3) is 0 Å². The molecule has 0 aliphatic heterocycles. The molecule has 1 rings (SSSR count). The van der Waals surface area contributed by atoms with Crippen LogP contribution >= 0.6 is 0 Å². The van der Waals surface area contributed by atoms with Crippen LogP contribution in [-0.4, -0.2) is 26.3 Å². The van der Waals surface area contributed by atoms with E-state index in [1.807, 2.05) is 12.1 Å². The third kappa shape index (κ3) is 5.52. The molecular weight excluding hydrogens is 226 g/mol. The van der Waals surface area contributed by atoms with Gasteiger partial charge in [-0.2, -0.15) is 0 Å². The molecule has 3 nitrogen and oxygen atoms in total. The fraction of sp³-hybridized carbons (Fsp3) is 0.600. The van der Waals surface area contributed by atoms with Crippen LogP contribution in [0.5, 0.6) is 5.75 Å². The van der Waals surface area contributed by atoms with Gasteiger partial charge in [-0.3, -0.25) is 0 Å². The van der Waals surface area contributed by atoms with Crippen molar-refractivity contribution in [1.82, 2.24) is 5.32 Å². The zero-order valence-electron chi connectivity index (χ0n) is 11.7.